The largest absolute Gasteiger partial charge is 0.489 e. The summed E-state index contributed by atoms with van der Waals surface area (Å²) in [6.07, 6.45) is -3.46. The maximum atomic E-state index is 13.1. The van der Waals surface area contributed by atoms with Gasteiger partial charge in [0.05, 0.1) is 5.88 Å². The summed E-state index contributed by atoms with van der Waals surface area (Å²) < 4.78 is 46.9. The molecule has 0 bridgehead atoms. The molecule has 3 nitrogen and oxygen atoms in total. The maximum Gasteiger partial charge on any atom is 0.434 e. The summed E-state index contributed by atoms with van der Waals surface area (Å²) in [7, 11) is 0. The minimum Gasteiger partial charge on any atom is -0.489 e. The number of ether oxygens (including phenoxy) is 1. The molecule has 0 amide bonds. The SMILES string of the molecule is CC(C)n1cc(C(F)(F)F)nc1-c1ccc(CCl)c(OCc2ccccc2)c1. The van der Waals surface area contributed by atoms with Crippen LogP contribution < -0.4 is 4.74 Å². The Morgan fingerprint density at radius 1 is 1.11 bits per heavy atom. The molecule has 28 heavy (non-hydrogen) atoms. The molecule has 0 atom stereocenters. The van der Waals surface area contributed by atoms with Gasteiger partial charge in [-0.3, -0.25) is 0 Å². The van der Waals surface area contributed by atoms with Crippen LogP contribution in [0.15, 0.2) is 54.7 Å². The lowest BCUT2D eigenvalue weighted by atomic mass is 10.1. The Hall–Kier alpha value is -2.47. The summed E-state index contributed by atoms with van der Waals surface area (Å²) in [6.45, 7) is 3.96. The normalized spacial score (nSPS) is 11.8. The van der Waals surface area contributed by atoms with Crippen LogP contribution in [-0.2, 0) is 18.7 Å². The van der Waals surface area contributed by atoms with Crippen molar-refractivity contribution in [1.29, 1.82) is 0 Å². The van der Waals surface area contributed by atoms with Crippen LogP contribution in [0, 0.1) is 0 Å². The quantitative estimate of drug-likeness (QED) is 0.437. The van der Waals surface area contributed by atoms with Crippen molar-refractivity contribution >= 4 is 11.6 Å². The Balaban J connectivity index is 1.98. The number of benzene rings is 2. The lowest BCUT2D eigenvalue weighted by Crippen LogP contribution is -2.05. The van der Waals surface area contributed by atoms with Crippen molar-refractivity contribution < 1.29 is 17.9 Å². The molecule has 0 N–H and O–H groups in total. The Bertz CT molecular complexity index is 937. The highest BCUT2D eigenvalue weighted by atomic mass is 35.5. The van der Waals surface area contributed by atoms with E-state index in [0.717, 1.165) is 17.3 Å². The third kappa shape index (κ3) is 4.50. The summed E-state index contributed by atoms with van der Waals surface area (Å²) in [6, 6.07) is 14.6. The zero-order valence-corrected chi connectivity index (χ0v) is 16.3. The maximum absolute atomic E-state index is 13.1. The molecular formula is C21H20ClF3N2O. The van der Waals surface area contributed by atoms with Gasteiger partial charge >= 0.3 is 6.18 Å². The second-order valence-electron chi connectivity index (χ2n) is 6.68. The average molecular weight is 409 g/mol. The minimum absolute atomic E-state index is 0.181. The van der Waals surface area contributed by atoms with Crippen molar-refractivity contribution in [2.75, 3.05) is 0 Å². The van der Waals surface area contributed by atoms with Crippen molar-refractivity contribution in [3.05, 3.63) is 71.5 Å². The molecule has 1 aromatic heterocycles. The van der Waals surface area contributed by atoms with Gasteiger partial charge in [-0.15, -0.1) is 11.6 Å². The number of halogens is 4. The standard InChI is InChI=1S/C21H20ClF3N2O/c1-14(2)27-12-19(21(23,24)25)26-20(27)16-8-9-17(11-22)18(10-16)28-13-15-6-4-3-5-7-15/h3-10,12,14H,11,13H2,1-2H3. The average Bonchev–Trinajstić information content (AvgIpc) is 3.13. The van der Waals surface area contributed by atoms with E-state index in [1.807, 2.05) is 44.2 Å². The molecule has 0 radical (unpaired) electrons. The number of aromatic nitrogens is 2. The number of imidazole rings is 1. The summed E-state index contributed by atoms with van der Waals surface area (Å²) in [5, 5.41) is 0. The molecule has 0 saturated heterocycles. The third-order valence-corrected chi connectivity index (χ3v) is 4.57. The van der Waals surface area contributed by atoms with Crippen LogP contribution in [-0.4, -0.2) is 9.55 Å². The molecule has 0 saturated carbocycles. The van der Waals surface area contributed by atoms with Crippen molar-refractivity contribution in [3.63, 3.8) is 0 Å². The van der Waals surface area contributed by atoms with Crippen molar-refractivity contribution in [1.82, 2.24) is 9.55 Å². The molecular weight excluding hydrogens is 389 g/mol. The van der Waals surface area contributed by atoms with E-state index >= 15 is 0 Å². The molecule has 3 rings (SSSR count). The van der Waals surface area contributed by atoms with Crippen LogP contribution in [0.4, 0.5) is 13.2 Å². The smallest absolute Gasteiger partial charge is 0.434 e. The monoisotopic (exact) mass is 408 g/mol. The van der Waals surface area contributed by atoms with E-state index < -0.39 is 11.9 Å². The summed E-state index contributed by atoms with van der Waals surface area (Å²) in [4.78, 5) is 3.84. The zero-order chi connectivity index (χ0) is 20.3. The van der Waals surface area contributed by atoms with Gasteiger partial charge in [0.15, 0.2) is 5.69 Å². The molecule has 0 aliphatic carbocycles. The molecule has 0 spiro atoms. The minimum atomic E-state index is -4.50. The van der Waals surface area contributed by atoms with Gasteiger partial charge < -0.3 is 9.30 Å². The van der Waals surface area contributed by atoms with Crippen LogP contribution >= 0.6 is 11.6 Å². The molecule has 1 heterocycles. The van der Waals surface area contributed by atoms with E-state index in [1.165, 1.54) is 4.57 Å². The number of hydrogen-bond acceptors (Lipinski definition) is 2. The molecule has 0 fully saturated rings. The Morgan fingerprint density at radius 2 is 1.82 bits per heavy atom. The highest BCUT2D eigenvalue weighted by Gasteiger charge is 2.35. The second-order valence-corrected chi connectivity index (χ2v) is 6.95. The Labute approximate surface area is 166 Å². The van der Waals surface area contributed by atoms with Crippen molar-refractivity contribution in [2.24, 2.45) is 0 Å². The van der Waals surface area contributed by atoms with E-state index in [4.69, 9.17) is 16.3 Å². The second kappa shape index (κ2) is 8.27. The highest BCUT2D eigenvalue weighted by molar-refractivity contribution is 6.17. The number of alkyl halides is 4. The molecule has 0 aliphatic rings. The number of nitrogens with zero attached hydrogens (tertiary/aromatic N) is 2. The van der Waals surface area contributed by atoms with Gasteiger partial charge in [-0.25, -0.2) is 4.98 Å². The van der Waals surface area contributed by atoms with Gasteiger partial charge in [0, 0.05) is 23.4 Å². The van der Waals surface area contributed by atoms with Gasteiger partial charge in [0.25, 0.3) is 0 Å². The molecule has 0 aliphatic heterocycles. The zero-order valence-electron chi connectivity index (χ0n) is 15.5. The van der Waals surface area contributed by atoms with Crippen LogP contribution in [0.25, 0.3) is 11.4 Å². The van der Waals surface area contributed by atoms with Gasteiger partial charge in [0.1, 0.15) is 18.2 Å². The predicted molar refractivity (Wildman–Crippen MR) is 103 cm³/mol. The molecule has 2 aromatic carbocycles. The number of rotatable bonds is 6. The predicted octanol–water partition coefficient (Wildman–Crippen LogP) is 6.47. The molecule has 7 heteroatoms. The fourth-order valence-electron chi connectivity index (χ4n) is 2.81. The number of hydrogen-bond donors (Lipinski definition) is 0. The Kier molecular flexibility index (Phi) is 5.98. The van der Waals surface area contributed by atoms with E-state index in [0.29, 0.717) is 17.9 Å². The van der Waals surface area contributed by atoms with E-state index in [9.17, 15) is 13.2 Å². The molecule has 3 aromatic rings. The van der Waals surface area contributed by atoms with Crippen molar-refractivity contribution in [3.8, 4) is 17.1 Å². The van der Waals surface area contributed by atoms with Gasteiger partial charge in [0.2, 0.25) is 0 Å². The first-order chi connectivity index (χ1) is 13.3. The topological polar surface area (TPSA) is 27.1 Å². The lowest BCUT2D eigenvalue weighted by Gasteiger charge is -2.14. The van der Waals surface area contributed by atoms with Crippen LogP contribution in [0.3, 0.4) is 0 Å². The summed E-state index contributed by atoms with van der Waals surface area (Å²) in [5.74, 6) is 1.01. The fourth-order valence-corrected chi connectivity index (χ4v) is 3.03. The summed E-state index contributed by atoms with van der Waals surface area (Å²) in [5.41, 5.74) is 1.38. The first-order valence-electron chi connectivity index (χ1n) is 8.81. The Morgan fingerprint density at radius 3 is 2.43 bits per heavy atom. The first kappa shape index (κ1) is 20.3. The third-order valence-electron chi connectivity index (χ3n) is 4.29. The lowest BCUT2D eigenvalue weighted by molar-refractivity contribution is -0.140. The summed E-state index contributed by atoms with van der Waals surface area (Å²) >= 11 is 6.01. The van der Waals surface area contributed by atoms with Crippen LogP contribution in [0.5, 0.6) is 5.75 Å². The van der Waals surface area contributed by atoms with Crippen LogP contribution in [0.1, 0.15) is 36.7 Å². The fraction of sp³-hybridized carbons (Fsp3) is 0.286. The first-order valence-corrected chi connectivity index (χ1v) is 9.35. The van der Waals surface area contributed by atoms with E-state index in [-0.39, 0.29) is 17.7 Å². The van der Waals surface area contributed by atoms with Gasteiger partial charge in [-0.1, -0.05) is 42.5 Å². The van der Waals surface area contributed by atoms with E-state index in [1.54, 1.807) is 18.2 Å². The molecule has 0 unspecified atom stereocenters. The van der Waals surface area contributed by atoms with Crippen LogP contribution in [0.2, 0.25) is 0 Å². The van der Waals surface area contributed by atoms with Gasteiger partial charge in [-0.2, -0.15) is 13.2 Å². The van der Waals surface area contributed by atoms with E-state index in [2.05, 4.69) is 4.98 Å². The highest BCUT2D eigenvalue weighted by Crippen LogP contribution is 2.34. The molecule has 148 valence electrons. The van der Waals surface area contributed by atoms with Crippen molar-refractivity contribution in [2.45, 2.75) is 38.6 Å². The van der Waals surface area contributed by atoms with Gasteiger partial charge in [-0.05, 0) is 25.5 Å².